The number of benzene rings is 3. The highest BCUT2D eigenvalue weighted by Crippen LogP contribution is 2.24. The highest BCUT2D eigenvalue weighted by molar-refractivity contribution is 5.91. The van der Waals surface area contributed by atoms with Gasteiger partial charge in [-0.1, -0.05) is 48.5 Å². The number of para-hydroxylation sites is 1. The molecule has 234 valence electrons. The molecule has 0 radical (unpaired) electrons. The van der Waals surface area contributed by atoms with E-state index in [-0.39, 0.29) is 6.42 Å². The van der Waals surface area contributed by atoms with Gasteiger partial charge in [0.25, 0.3) is 0 Å². The number of carbonyl (C=O) groups is 1. The third-order valence-corrected chi connectivity index (χ3v) is 7.75. The van der Waals surface area contributed by atoms with Crippen LogP contribution in [0.2, 0.25) is 0 Å². The molecule has 45 heavy (non-hydrogen) atoms. The van der Waals surface area contributed by atoms with Gasteiger partial charge in [0, 0.05) is 54.8 Å². The molecule has 0 spiro atoms. The zero-order chi connectivity index (χ0) is 31.1. The first-order chi connectivity index (χ1) is 22.2. The molecule has 0 bridgehead atoms. The van der Waals surface area contributed by atoms with E-state index < -0.39 is 5.97 Å². The zero-order valence-corrected chi connectivity index (χ0v) is 25.7. The number of nitrogens with zero attached hydrogens (tertiary/aromatic N) is 4. The number of pyridine rings is 1. The van der Waals surface area contributed by atoms with E-state index in [0.29, 0.717) is 13.0 Å². The summed E-state index contributed by atoms with van der Waals surface area (Å²) in [6.07, 6.45) is 8.04. The van der Waals surface area contributed by atoms with Crippen LogP contribution in [-0.2, 0) is 11.2 Å². The molecule has 3 N–H and O–H groups in total. The van der Waals surface area contributed by atoms with Crippen LogP contribution in [0.3, 0.4) is 0 Å². The summed E-state index contributed by atoms with van der Waals surface area (Å²) in [4.78, 5) is 26.8. The van der Waals surface area contributed by atoms with Crippen molar-refractivity contribution >= 4 is 39.3 Å². The number of fused-ring (bicyclic) bond motifs is 2. The number of nitrogens with one attached hydrogen (secondary N) is 2. The van der Waals surface area contributed by atoms with Crippen molar-refractivity contribution < 1.29 is 14.6 Å². The monoisotopic (exact) mass is 606 g/mol. The van der Waals surface area contributed by atoms with Gasteiger partial charge in [-0.25, -0.2) is 9.97 Å². The van der Waals surface area contributed by atoms with Gasteiger partial charge < -0.3 is 25.4 Å². The standard InChI is InChI=1S/C36H42N6O3/c43-35(44)15-7-22-42(23-8-20-37-33-18-21-38-32-14-5-4-13-30(32)33)24-9-25-45-29-16-17-31-34(26-29)40-27-41-36(31)39-19-6-12-28-10-2-1-3-11-28/h1-5,10-11,13-14,16-18,21,26-27H,6-9,12,15,19-20,22-25H2,(H,37,38)(H,43,44)(H,39,40,41). The van der Waals surface area contributed by atoms with E-state index in [1.54, 1.807) is 6.33 Å². The topological polar surface area (TPSA) is 113 Å². The number of ether oxygens (including phenoxy) is 1. The Balaban J connectivity index is 1.07. The summed E-state index contributed by atoms with van der Waals surface area (Å²) in [5.41, 5.74) is 4.24. The average molecular weight is 607 g/mol. The Hall–Kier alpha value is -4.76. The second kappa shape index (κ2) is 16.9. The normalized spacial score (nSPS) is 11.2. The van der Waals surface area contributed by atoms with Crippen molar-refractivity contribution in [2.45, 2.75) is 38.5 Å². The van der Waals surface area contributed by atoms with Crippen molar-refractivity contribution in [3.05, 3.63) is 97.0 Å². The van der Waals surface area contributed by atoms with Gasteiger partial charge in [-0.2, -0.15) is 0 Å². The molecule has 2 aromatic heterocycles. The maximum atomic E-state index is 11.1. The predicted octanol–water partition coefficient (Wildman–Crippen LogP) is 6.66. The number of hydrogen-bond donors (Lipinski definition) is 3. The number of aliphatic carboxylic acids is 1. The second-order valence-electron chi connectivity index (χ2n) is 11.1. The molecule has 2 heterocycles. The number of aryl methyl sites for hydroxylation is 1. The summed E-state index contributed by atoms with van der Waals surface area (Å²) >= 11 is 0. The molecule has 0 aliphatic carbocycles. The van der Waals surface area contributed by atoms with E-state index in [9.17, 15) is 4.79 Å². The van der Waals surface area contributed by atoms with Crippen LogP contribution in [0.5, 0.6) is 5.75 Å². The van der Waals surface area contributed by atoms with Crippen molar-refractivity contribution in [2.24, 2.45) is 0 Å². The molecule has 9 nitrogen and oxygen atoms in total. The summed E-state index contributed by atoms with van der Waals surface area (Å²) in [5, 5.41) is 18.2. The summed E-state index contributed by atoms with van der Waals surface area (Å²) in [6, 6.07) is 26.6. The molecule has 0 aliphatic rings. The minimum absolute atomic E-state index is 0.178. The fourth-order valence-electron chi connectivity index (χ4n) is 5.45. The molecule has 3 aromatic carbocycles. The Labute approximate surface area is 264 Å². The van der Waals surface area contributed by atoms with Crippen LogP contribution in [0.1, 0.15) is 37.7 Å². The first kappa shape index (κ1) is 31.7. The van der Waals surface area contributed by atoms with E-state index in [0.717, 1.165) is 97.5 Å². The molecule has 5 aromatic rings. The highest BCUT2D eigenvalue weighted by Gasteiger charge is 2.09. The molecule has 0 unspecified atom stereocenters. The molecule has 0 fully saturated rings. The summed E-state index contributed by atoms with van der Waals surface area (Å²) in [6.45, 7) is 4.69. The van der Waals surface area contributed by atoms with Crippen molar-refractivity contribution in [3.63, 3.8) is 0 Å². The lowest BCUT2D eigenvalue weighted by molar-refractivity contribution is -0.137. The van der Waals surface area contributed by atoms with Gasteiger partial charge in [0.05, 0.1) is 17.6 Å². The van der Waals surface area contributed by atoms with Crippen LogP contribution in [0, 0.1) is 0 Å². The number of carboxylic acids is 1. The zero-order valence-electron chi connectivity index (χ0n) is 25.7. The van der Waals surface area contributed by atoms with Crippen LogP contribution in [0.15, 0.2) is 91.4 Å². The van der Waals surface area contributed by atoms with Crippen LogP contribution in [0.4, 0.5) is 11.5 Å². The summed E-state index contributed by atoms with van der Waals surface area (Å²) < 4.78 is 6.10. The van der Waals surface area contributed by atoms with Crippen molar-refractivity contribution in [1.82, 2.24) is 19.9 Å². The Morgan fingerprint density at radius 2 is 1.56 bits per heavy atom. The third kappa shape index (κ3) is 9.87. The van der Waals surface area contributed by atoms with Gasteiger partial charge in [-0.15, -0.1) is 0 Å². The van der Waals surface area contributed by atoms with Crippen molar-refractivity contribution in [2.75, 3.05) is 50.0 Å². The van der Waals surface area contributed by atoms with Crippen LogP contribution in [-0.4, -0.2) is 70.3 Å². The summed E-state index contributed by atoms with van der Waals surface area (Å²) in [7, 11) is 0. The van der Waals surface area contributed by atoms with E-state index in [2.05, 4.69) is 60.8 Å². The fourth-order valence-corrected chi connectivity index (χ4v) is 5.45. The molecule has 9 heteroatoms. The lowest BCUT2D eigenvalue weighted by Gasteiger charge is -2.22. The number of rotatable bonds is 19. The second-order valence-corrected chi connectivity index (χ2v) is 11.1. The van der Waals surface area contributed by atoms with Gasteiger partial charge >= 0.3 is 5.97 Å². The van der Waals surface area contributed by atoms with Gasteiger partial charge in [0.1, 0.15) is 17.9 Å². The van der Waals surface area contributed by atoms with Gasteiger partial charge in [-0.05, 0) is 75.0 Å². The number of carboxylic acid groups (broad SMARTS) is 1. The van der Waals surface area contributed by atoms with Gasteiger partial charge in [0.15, 0.2) is 0 Å². The van der Waals surface area contributed by atoms with E-state index in [1.807, 2.05) is 54.7 Å². The Morgan fingerprint density at radius 1 is 0.756 bits per heavy atom. The Bertz CT molecular complexity index is 1640. The number of anilines is 2. The predicted molar refractivity (Wildman–Crippen MR) is 181 cm³/mol. The highest BCUT2D eigenvalue weighted by atomic mass is 16.5. The van der Waals surface area contributed by atoms with Gasteiger partial charge in [-0.3, -0.25) is 9.78 Å². The molecule has 0 atom stereocenters. The van der Waals surface area contributed by atoms with Crippen molar-refractivity contribution in [1.29, 1.82) is 0 Å². The Morgan fingerprint density at radius 3 is 2.44 bits per heavy atom. The first-order valence-corrected chi connectivity index (χ1v) is 15.8. The smallest absolute Gasteiger partial charge is 0.303 e. The largest absolute Gasteiger partial charge is 0.493 e. The molecule has 0 saturated carbocycles. The molecule has 0 saturated heterocycles. The lowest BCUT2D eigenvalue weighted by atomic mass is 10.1. The SMILES string of the molecule is O=C(O)CCCN(CCCNc1ccnc2ccccc12)CCCOc1ccc2c(NCCCc3ccccc3)ncnc2c1. The molecule has 0 amide bonds. The van der Waals surface area contributed by atoms with Gasteiger partial charge in [0.2, 0.25) is 0 Å². The third-order valence-electron chi connectivity index (χ3n) is 7.75. The minimum Gasteiger partial charge on any atom is -0.493 e. The molecular formula is C36H42N6O3. The maximum absolute atomic E-state index is 11.1. The average Bonchev–Trinajstić information content (AvgIpc) is 3.07. The molecule has 5 rings (SSSR count). The van der Waals surface area contributed by atoms with E-state index in [4.69, 9.17) is 9.84 Å². The minimum atomic E-state index is -0.754. The number of aromatic nitrogens is 3. The lowest BCUT2D eigenvalue weighted by Crippen LogP contribution is -2.29. The van der Waals surface area contributed by atoms with Crippen LogP contribution < -0.4 is 15.4 Å². The first-order valence-electron chi connectivity index (χ1n) is 15.8. The quantitative estimate of drug-likeness (QED) is 0.0888. The van der Waals surface area contributed by atoms with E-state index in [1.165, 1.54) is 5.56 Å². The molecular weight excluding hydrogens is 564 g/mol. The number of hydrogen-bond acceptors (Lipinski definition) is 8. The molecule has 0 aliphatic heterocycles. The summed E-state index contributed by atoms with van der Waals surface area (Å²) in [5.74, 6) is 0.862. The fraction of sp³-hybridized carbons (Fsp3) is 0.333. The maximum Gasteiger partial charge on any atom is 0.303 e. The van der Waals surface area contributed by atoms with E-state index >= 15 is 0 Å². The van der Waals surface area contributed by atoms with Crippen LogP contribution in [0.25, 0.3) is 21.8 Å². The Kier molecular flexibility index (Phi) is 11.9. The van der Waals surface area contributed by atoms with Crippen molar-refractivity contribution in [3.8, 4) is 5.75 Å². The van der Waals surface area contributed by atoms with Crippen LogP contribution >= 0.6 is 0 Å².